The molecule has 0 saturated heterocycles. The van der Waals surface area contributed by atoms with Crippen LogP contribution in [0.4, 0.5) is 0 Å². The summed E-state index contributed by atoms with van der Waals surface area (Å²) in [5.74, 6) is 1.57. The molecule has 0 amide bonds. The summed E-state index contributed by atoms with van der Waals surface area (Å²) in [6.45, 7) is 8.65. The minimum atomic E-state index is -0.0414. The van der Waals surface area contributed by atoms with Gasteiger partial charge in [-0.15, -0.1) is 0 Å². The van der Waals surface area contributed by atoms with Crippen LogP contribution in [0, 0.1) is 0 Å². The average Bonchev–Trinajstić information content (AvgIpc) is 2.74. The third-order valence-corrected chi connectivity index (χ3v) is 4.25. The largest absolute Gasteiger partial charge is 0.460 e. The fourth-order valence-corrected chi connectivity index (χ4v) is 2.89. The number of carbonyl (C=O) groups excluding carboxylic acids is 1. The Morgan fingerprint density at radius 2 is 2.00 bits per heavy atom. The van der Waals surface area contributed by atoms with Gasteiger partial charge in [0, 0.05) is 17.2 Å². The molecule has 0 atom stereocenters. The van der Waals surface area contributed by atoms with Crippen molar-refractivity contribution < 1.29 is 9.21 Å². The van der Waals surface area contributed by atoms with Crippen molar-refractivity contribution in [2.45, 2.75) is 51.9 Å². The Morgan fingerprint density at radius 1 is 1.26 bits per heavy atom. The lowest BCUT2D eigenvalue weighted by Crippen LogP contribution is -2.25. The summed E-state index contributed by atoms with van der Waals surface area (Å²) >= 11 is 0. The van der Waals surface area contributed by atoms with Crippen LogP contribution in [-0.4, -0.2) is 5.78 Å². The number of hydrogen-bond acceptors (Lipinski definition) is 2. The van der Waals surface area contributed by atoms with Crippen LogP contribution >= 0.6 is 0 Å². The Labute approximate surface area is 113 Å². The van der Waals surface area contributed by atoms with Crippen molar-refractivity contribution in [2.24, 2.45) is 0 Å². The van der Waals surface area contributed by atoms with E-state index in [1.807, 2.05) is 6.07 Å². The summed E-state index contributed by atoms with van der Waals surface area (Å²) in [6.07, 6.45) is 1.50. The second-order valence-electron chi connectivity index (χ2n) is 6.52. The van der Waals surface area contributed by atoms with Crippen LogP contribution in [0.1, 0.15) is 68.1 Å². The minimum absolute atomic E-state index is 0.0414. The number of ketones is 1. The van der Waals surface area contributed by atoms with Gasteiger partial charge in [-0.1, -0.05) is 39.8 Å². The first kappa shape index (κ1) is 12.5. The molecule has 0 unspecified atom stereocenters. The van der Waals surface area contributed by atoms with Crippen molar-refractivity contribution in [1.29, 1.82) is 0 Å². The van der Waals surface area contributed by atoms with Gasteiger partial charge in [0.1, 0.15) is 11.3 Å². The van der Waals surface area contributed by atoms with Crippen molar-refractivity contribution >= 4 is 16.8 Å². The van der Waals surface area contributed by atoms with Gasteiger partial charge in [0.05, 0.1) is 5.56 Å². The van der Waals surface area contributed by atoms with E-state index >= 15 is 0 Å². The number of hydrogen-bond donors (Lipinski definition) is 0. The third kappa shape index (κ3) is 1.81. The number of carbonyl (C=O) groups is 1. The molecule has 0 saturated carbocycles. The van der Waals surface area contributed by atoms with Crippen molar-refractivity contribution in [1.82, 2.24) is 0 Å². The molecule has 1 heterocycles. The molecular formula is C17H20O2. The molecule has 0 aliphatic heterocycles. The molecule has 0 N–H and O–H groups in total. The molecule has 1 aliphatic rings. The molecule has 19 heavy (non-hydrogen) atoms. The smallest absolute Gasteiger partial charge is 0.167 e. The molecular weight excluding hydrogens is 236 g/mol. The standard InChI is InChI=1S/C17H20O2/c1-10(2)11-5-6-12-14(9-11)19-16-15(12)13(18)7-8-17(16,3)4/h5-6,9-10H,7-8H2,1-4H3. The lowest BCUT2D eigenvalue weighted by Gasteiger charge is -2.27. The Kier molecular flexibility index (Phi) is 2.60. The molecule has 2 aromatic rings. The van der Waals surface area contributed by atoms with E-state index in [0.29, 0.717) is 12.3 Å². The number of fused-ring (bicyclic) bond motifs is 3. The summed E-state index contributed by atoms with van der Waals surface area (Å²) in [5, 5.41) is 0.983. The molecule has 2 nitrogen and oxygen atoms in total. The second kappa shape index (κ2) is 3.96. The number of rotatable bonds is 1. The normalized spacial score (nSPS) is 18.1. The SMILES string of the molecule is CC(C)c1ccc2c3c(oc2c1)C(C)(C)CCC3=O. The first-order chi connectivity index (χ1) is 8.90. The highest BCUT2D eigenvalue weighted by atomic mass is 16.3. The molecule has 2 heteroatoms. The summed E-state index contributed by atoms with van der Waals surface area (Å²) in [7, 11) is 0. The molecule has 1 aromatic carbocycles. The highest BCUT2D eigenvalue weighted by Gasteiger charge is 2.37. The molecule has 3 rings (SSSR count). The Hall–Kier alpha value is -1.57. The van der Waals surface area contributed by atoms with Crippen LogP contribution in [0.3, 0.4) is 0 Å². The Bertz CT molecular complexity index is 659. The van der Waals surface area contributed by atoms with Crippen LogP contribution in [0.25, 0.3) is 11.0 Å². The monoisotopic (exact) mass is 256 g/mol. The van der Waals surface area contributed by atoms with Gasteiger partial charge in [-0.05, 0) is 24.0 Å². The van der Waals surface area contributed by atoms with Crippen molar-refractivity contribution in [3.05, 3.63) is 35.1 Å². The van der Waals surface area contributed by atoms with E-state index in [1.165, 1.54) is 5.56 Å². The van der Waals surface area contributed by atoms with E-state index < -0.39 is 0 Å². The number of benzene rings is 1. The van der Waals surface area contributed by atoms with Gasteiger partial charge in [-0.3, -0.25) is 4.79 Å². The maximum Gasteiger partial charge on any atom is 0.167 e. The molecule has 0 spiro atoms. The Morgan fingerprint density at radius 3 is 2.68 bits per heavy atom. The summed E-state index contributed by atoms with van der Waals surface area (Å²) in [5.41, 5.74) is 2.89. The molecule has 0 fully saturated rings. The van der Waals surface area contributed by atoms with Crippen LogP contribution in [0.2, 0.25) is 0 Å². The van der Waals surface area contributed by atoms with Crippen molar-refractivity contribution in [3.8, 4) is 0 Å². The van der Waals surface area contributed by atoms with Gasteiger partial charge in [-0.25, -0.2) is 0 Å². The van der Waals surface area contributed by atoms with Gasteiger partial charge in [0.15, 0.2) is 5.78 Å². The van der Waals surface area contributed by atoms with E-state index in [4.69, 9.17) is 4.42 Å². The van der Waals surface area contributed by atoms with Crippen LogP contribution in [0.15, 0.2) is 22.6 Å². The summed E-state index contributed by atoms with van der Waals surface area (Å²) in [4.78, 5) is 12.2. The van der Waals surface area contributed by atoms with E-state index in [-0.39, 0.29) is 11.2 Å². The van der Waals surface area contributed by atoms with Gasteiger partial charge in [0.25, 0.3) is 0 Å². The van der Waals surface area contributed by atoms with Crippen LogP contribution in [-0.2, 0) is 5.41 Å². The fourth-order valence-electron chi connectivity index (χ4n) is 2.89. The highest BCUT2D eigenvalue weighted by Crippen LogP contribution is 2.42. The molecule has 1 aliphatic carbocycles. The number of furan rings is 1. The van der Waals surface area contributed by atoms with Gasteiger partial charge < -0.3 is 4.42 Å². The minimum Gasteiger partial charge on any atom is -0.460 e. The molecule has 1 aromatic heterocycles. The van der Waals surface area contributed by atoms with Crippen LogP contribution in [0.5, 0.6) is 0 Å². The Balaban J connectivity index is 2.29. The summed E-state index contributed by atoms with van der Waals surface area (Å²) in [6, 6.07) is 6.24. The van der Waals surface area contributed by atoms with E-state index in [1.54, 1.807) is 0 Å². The average molecular weight is 256 g/mol. The zero-order valence-corrected chi connectivity index (χ0v) is 12.0. The van der Waals surface area contributed by atoms with Gasteiger partial charge >= 0.3 is 0 Å². The maximum atomic E-state index is 12.2. The topological polar surface area (TPSA) is 30.2 Å². The first-order valence-corrected chi connectivity index (χ1v) is 7.00. The zero-order valence-electron chi connectivity index (χ0n) is 12.0. The number of Topliss-reactive ketones (excluding diaryl/α,β-unsaturated/α-hetero) is 1. The lowest BCUT2D eigenvalue weighted by molar-refractivity contribution is 0.0951. The van der Waals surface area contributed by atoms with Gasteiger partial charge in [0.2, 0.25) is 0 Å². The maximum absolute atomic E-state index is 12.2. The highest BCUT2D eigenvalue weighted by molar-refractivity contribution is 6.09. The fraction of sp³-hybridized carbons (Fsp3) is 0.471. The lowest BCUT2D eigenvalue weighted by atomic mass is 9.76. The van der Waals surface area contributed by atoms with Crippen molar-refractivity contribution in [2.75, 3.05) is 0 Å². The van der Waals surface area contributed by atoms with E-state index in [9.17, 15) is 4.79 Å². The van der Waals surface area contributed by atoms with Crippen LogP contribution < -0.4 is 0 Å². The second-order valence-corrected chi connectivity index (χ2v) is 6.52. The quantitative estimate of drug-likeness (QED) is 0.733. The predicted molar refractivity (Wildman–Crippen MR) is 76.9 cm³/mol. The van der Waals surface area contributed by atoms with Gasteiger partial charge in [-0.2, -0.15) is 0 Å². The van der Waals surface area contributed by atoms with E-state index in [2.05, 4.69) is 39.8 Å². The predicted octanol–water partition coefficient (Wildman–Crippen LogP) is 4.81. The third-order valence-electron chi connectivity index (χ3n) is 4.25. The van der Waals surface area contributed by atoms with Crippen molar-refractivity contribution in [3.63, 3.8) is 0 Å². The zero-order chi connectivity index (χ0) is 13.8. The first-order valence-electron chi connectivity index (χ1n) is 7.00. The van der Waals surface area contributed by atoms with E-state index in [0.717, 1.165) is 28.7 Å². The molecule has 0 bridgehead atoms. The summed E-state index contributed by atoms with van der Waals surface area (Å²) < 4.78 is 6.05. The molecule has 100 valence electrons. The molecule has 0 radical (unpaired) electrons.